The Labute approximate surface area is 102 Å². The number of aromatic nitrogens is 4. The maximum Gasteiger partial charge on any atom is 0.376 e. The van der Waals surface area contributed by atoms with Crippen LogP contribution in [0.25, 0.3) is 11.2 Å². The Balaban J connectivity index is 2.73. The minimum atomic E-state index is -4.54. The van der Waals surface area contributed by atoms with Gasteiger partial charge in [0.1, 0.15) is 11.3 Å². The molecule has 0 spiro atoms. The number of hydrogen-bond donors (Lipinski definition) is 3. The van der Waals surface area contributed by atoms with E-state index in [1.54, 1.807) is 6.08 Å². The quantitative estimate of drug-likeness (QED) is 0.523. The molecule has 0 aliphatic rings. The summed E-state index contributed by atoms with van der Waals surface area (Å²) in [5.74, 6) is 0.497. The summed E-state index contributed by atoms with van der Waals surface area (Å²) in [6, 6.07) is -0.141. The Morgan fingerprint density at radius 1 is 1.44 bits per heavy atom. The average Bonchev–Trinajstić information content (AvgIpc) is 2.68. The zero-order valence-electron chi connectivity index (χ0n) is 9.49. The van der Waals surface area contributed by atoms with E-state index < -0.39 is 13.0 Å². The number of nitrogens with one attached hydrogen (secondary N) is 1. The van der Waals surface area contributed by atoms with Crippen LogP contribution in [0.1, 0.15) is 5.82 Å². The second-order valence-corrected chi connectivity index (χ2v) is 4.96. The summed E-state index contributed by atoms with van der Waals surface area (Å²) in [6.07, 6.45) is 2.04. The van der Waals surface area contributed by atoms with Crippen LogP contribution < -0.4 is 10.2 Å². The first-order valence-corrected chi connectivity index (χ1v) is 6.54. The fraction of sp³-hybridized carbons (Fsp3) is 0.222. The van der Waals surface area contributed by atoms with E-state index in [-0.39, 0.29) is 17.2 Å². The van der Waals surface area contributed by atoms with Gasteiger partial charge in [-0.15, -0.1) is 6.58 Å². The van der Waals surface area contributed by atoms with Gasteiger partial charge in [-0.1, -0.05) is 6.08 Å². The van der Waals surface area contributed by atoms with Crippen molar-refractivity contribution in [3.8, 4) is 6.01 Å². The van der Waals surface area contributed by atoms with Crippen LogP contribution in [0.2, 0.25) is 0 Å². The highest BCUT2D eigenvalue weighted by Gasteiger charge is 2.26. The van der Waals surface area contributed by atoms with E-state index in [9.17, 15) is 14.4 Å². The van der Waals surface area contributed by atoms with Crippen molar-refractivity contribution in [3.05, 3.63) is 18.5 Å². The van der Waals surface area contributed by atoms with Crippen molar-refractivity contribution in [2.45, 2.75) is 6.42 Å². The first kappa shape index (κ1) is 12.7. The SMILES string of the molecule is C=CCc1nc2nc(OC)nc(P(=O)(O)O)c2[nH]1. The Kier molecular flexibility index (Phi) is 3.16. The average molecular weight is 270 g/mol. The predicted octanol–water partition coefficient (Wildman–Crippen LogP) is -0.107. The maximum absolute atomic E-state index is 11.4. The van der Waals surface area contributed by atoms with E-state index in [1.165, 1.54) is 7.11 Å². The van der Waals surface area contributed by atoms with Gasteiger partial charge in [0.2, 0.25) is 0 Å². The molecule has 2 aromatic rings. The monoisotopic (exact) mass is 270 g/mol. The van der Waals surface area contributed by atoms with Crippen LogP contribution in [0.3, 0.4) is 0 Å². The third-order valence-electron chi connectivity index (χ3n) is 2.16. The summed E-state index contributed by atoms with van der Waals surface area (Å²) in [5.41, 5.74) is -0.162. The van der Waals surface area contributed by atoms with Crippen molar-refractivity contribution in [1.29, 1.82) is 0 Å². The number of methoxy groups -OCH3 is 1. The first-order chi connectivity index (χ1) is 8.45. The van der Waals surface area contributed by atoms with E-state index in [0.29, 0.717) is 12.2 Å². The smallest absolute Gasteiger partial charge is 0.376 e. The van der Waals surface area contributed by atoms with Gasteiger partial charge in [-0.25, -0.2) is 4.98 Å². The van der Waals surface area contributed by atoms with Gasteiger partial charge in [0.15, 0.2) is 11.1 Å². The highest BCUT2D eigenvalue weighted by atomic mass is 31.2. The van der Waals surface area contributed by atoms with E-state index in [2.05, 4.69) is 26.5 Å². The van der Waals surface area contributed by atoms with Gasteiger partial charge in [0.25, 0.3) is 0 Å². The van der Waals surface area contributed by atoms with E-state index >= 15 is 0 Å². The van der Waals surface area contributed by atoms with Gasteiger partial charge in [0.05, 0.1) is 7.11 Å². The number of allylic oxidation sites excluding steroid dienone is 1. The summed E-state index contributed by atoms with van der Waals surface area (Å²) in [6.45, 7) is 3.56. The summed E-state index contributed by atoms with van der Waals surface area (Å²) >= 11 is 0. The van der Waals surface area contributed by atoms with Crippen LogP contribution in [0.5, 0.6) is 6.01 Å². The van der Waals surface area contributed by atoms with E-state index in [4.69, 9.17) is 4.74 Å². The molecule has 0 saturated heterocycles. The second-order valence-electron chi connectivity index (χ2n) is 3.45. The minimum Gasteiger partial charge on any atom is -0.467 e. The normalized spacial score (nSPS) is 11.7. The Bertz CT molecular complexity index is 647. The standard InChI is InChI=1S/C9H11N4O4P/c1-3-4-5-10-6-7(11-5)12-9(17-2)13-8(6)18(14,15)16/h3H,1,4H2,2H3,(H2,14,15,16)(H,10,11,12,13). The van der Waals surface area contributed by atoms with Crippen LogP contribution >= 0.6 is 7.60 Å². The fourth-order valence-electron chi connectivity index (χ4n) is 1.45. The lowest BCUT2D eigenvalue weighted by Crippen LogP contribution is -2.13. The summed E-state index contributed by atoms with van der Waals surface area (Å²) < 4.78 is 16.2. The molecule has 0 aromatic carbocycles. The van der Waals surface area contributed by atoms with E-state index in [0.717, 1.165) is 0 Å². The summed E-state index contributed by atoms with van der Waals surface area (Å²) in [7, 11) is -3.23. The lowest BCUT2D eigenvalue weighted by atomic mass is 10.4. The molecule has 0 radical (unpaired) electrons. The molecule has 0 aliphatic heterocycles. The fourth-order valence-corrected chi connectivity index (χ4v) is 2.11. The number of rotatable bonds is 4. The Morgan fingerprint density at radius 3 is 2.72 bits per heavy atom. The molecule has 0 unspecified atom stereocenters. The number of H-pyrrole nitrogens is 1. The summed E-state index contributed by atoms with van der Waals surface area (Å²) in [4.78, 5) is 32.9. The Hall–Kier alpha value is -1.76. The third kappa shape index (κ3) is 2.26. The van der Waals surface area contributed by atoms with Gasteiger partial charge in [-0.05, 0) is 0 Å². The molecule has 2 rings (SSSR count). The lowest BCUT2D eigenvalue weighted by Gasteiger charge is -2.05. The molecule has 0 amide bonds. The van der Waals surface area contributed by atoms with Crippen LogP contribution in [-0.4, -0.2) is 36.8 Å². The molecule has 0 fully saturated rings. The molecule has 0 bridgehead atoms. The molecule has 0 saturated carbocycles. The number of imidazole rings is 1. The first-order valence-electron chi connectivity index (χ1n) is 4.93. The van der Waals surface area contributed by atoms with Gasteiger partial charge in [0, 0.05) is 6.42 Å². The van der Waals surface area contributed by atoms with Crippen molar-refractivity contribution in [1.82, 2.24) is 19.9 Å². The van der Waals surface area contributed by atoms with E-state index in [1.807, 2.05) is 0 Å². The van der Waals surface area contributed by atoms with Gasteiger partial charge < -0.3 is 19.5 Å². The molecule has 8 nitrogen and oxygen atoms in total. The largest absolute Gasteiger partial charge is 0.467 e. The maximum atomic E-state index is 11.4. The molecular weight excluding hydrogens is 259 g/mol. The topological polar surface area (TPSA) is 121 Å². The molecule has 3 N–H and O–H groups in total. The minimum absolute atomic E-state index is 0.112. The number of fused-ring (bicyclic) bond motifs is 1. The van der Waals surface area contributed by atoms with Crippen molar-refractivity contribution in [2.75, 3.05) is 7.11 Å². The molecular formula is C9H11N4O4P. The van der Waals surface area contributed by atoms with Crippen LogP contribution in [-0.2, 0) is 11.0 Å². The van der Waals surface area contributed by atoms with Crippen LogP contribution in [0.4, 0.5) is 0 Å². The number of ether oxygens (including phenoxy) is 1. The third-order valence-corrected chi connectivity index (χ3v) is 3.03. The number of nitrogens with zero attached hydrogens (tertiary/aromatic N) is 3. The van der Waals surface area contributed by atoms with Crippen molar-refractivity contribution >= 4 is 24.2 Å². The molecule has 18 heavy (non-hydrogen) atoms. The van der Waals surface area contributed by atoms with Crippen LogP contribution in [0.15, 0.2) is 12.7 Å². The molecule has 2 heterocycles. The number of hydrogen-bond acceptors (Lipinski definition) is 5. The summed E-state index contributed by atoms with van der Waals surface area (Å²) in [5, 5.41) is 0. The van der Waals surface area contributed by atoms with Crippen molar-refractivity contribution in [2.24, 2.45) is 0 Å². The number of aromatic amines is 1. The zero-order valence-corrected chi connectivity index (χ0v) is 10.4. The second kappa shape index (κ2) is 4.49. The van der Waals surface area contributed by atoms with Crippen LogP contribution in [0, 0.1) is 0 Å². The highest BCUT2D eigenvalue weighted by Crippen LogP contribution is 2.35. The predicted molar refractivity (Wildman–Crippen MR) is 63.8 cm³/mol. The van der Waals surface area contributed by atoms with Crippen molar-refractivity contribution < 1.29 is 19.1 Å². The lowest BCUT2D eigenvalue weighted by molar-refractivity contribution is 0.374. The molecule has 2 aromatic heterocycles. The molecule has 0 aliphatic carbocycles. The molecule has 0 atom stereocenters. The van der Waals surface area contributed by atoms with Gasteiger partial charge in [-0.3, -0.25) is 4.57 Å². The van der Waals surface area contributed by atoms with Gasteiger partial charge in [-0.2, -0.15) is 9.97 Å². The molecule has 9 heteroatoms. The van der Waals surface area contributed by atoms with Crippen molar-refractivity contribution in [3.63, 3.8) is 0 Å². The highest BCUT2D eigenvalue weighted by molar-refractivity contribution is 7.60. The van der Waals surface area contributed by atoms with Gasteiger partial charge >= 0.3 is 13.6 Å². The molecule has 96 valence electrons. The Morgan fingerprint density at radius 2 is 2.17 bits per heavy atom. The zero-order chi connectivity index (χ0) is 13.3.